The Balaban J connectivity index is 2.95. The number of allylic oxidation sites excluding steroid dienone is 1. The van der Waals surface area contributed by atoms with Gasteiger partial charge >= 0.3 is 0 Å². The van der Waals surface area contributed by atoms with E-state index < -0.39 is 0 Å². The number of nitrogens with zero attached hydrogens (tertiary/aromatic N) is 2. The number of pyridine rings is 1. The van der Waals surface area contributed by atoms with Crippen molar-refractivity contribution in [2.24, 2.45) is 0 Å². The van der Waals surface area contributed by atoms with Crippen LogP contribution in [0.2, 0.25) is 0 Å². The molecule has 0 amide bonds. The fourth-order valence-electron chi connectivity index (χ4n) is 1.03. The maximum Gasteiger partial charge on any atom is 0.268 e. The number of hydrogen-bond acceptors (Lipinski definition) is 3. The van der Waals surface area contributed by atoms with E-state index in [9.17, 15) is 4.79 Å². The largest absolute Gasteiger partial charge is 0.311 e. The number of hydrogen-bond donors (Lipinski definition) is 1. The van der Waals surface area contributed by atoms with E-state index in [1.165, 1.54) is 10.6 Å². The van der Waals surface area contributed by atoms with Gasteiger partial charge in [0.1, 0.15) is 11.6 Å². The minimum Gasteiger partial charge on any atom is -0.311 e. The van der Waals surface area contributed by atoms with Crippen molar-refractivity contribution in [1.29, 1.82) is 5.26 Å². The molecular formula is C10H10N2OS. The molecule has 14 heavy (non-hydrogen) atoms. The van der Waals surface area contributed by atoms with E-state index in [0.29, 0.717) is 12.3 Å². The van der Waals surface area contributed by atoms with E-state index in [0.717, 1.165) is 0 Å². The lowest BCUT2D eigenvalue weighted by atomic mass is 10.3. The zero-order valence-corrected chi connectivity index (χ0v) is 8.45. The molecule has 0 aliphatic heterocycles. The second kappa shape index (κ2) is 5.30. The van der Waals surface area contributed by atoms with Gasteiger partial charge in [0.15, 0.2) is 0 Å². The summed E-state index contributed by atoms with van der Waals surface area (Å²) < 4.78 is 1.48. The Morgan fingerprint density at radius 2 is 2.36 bits per heavy atom. The van der Waals surface area contributed by atoms with Crippen LogP contribution >= 0.6 is 12.6 Å². The molecule has 0 unspecified atom stereocenters. The Morgan fingerprint density at radius 3 is 3.00 bits per heavy atom. The summed E-state index contributed by atoms with van der Waals surface area (Å²) in [6, 6.07) is 5.06. The molecule has 1 heterocycles. The number of rotatable bonds is 3. The van der Waals surface area contributed by atoms with Gasteiger partial charge in [-0.2, -0.15) is 17.9 Å². The normalized spacial score (nSPS) is 10.3. The zero-order valence-electron chi connectivity index (χ0n) is 7.55. The molecule has 0 saturated heterocycles. The molecule has 1 aromatic heterocycles. The van der Waals surface area contributed by atoms with E-state index in [1.807, 2.05) is 18.2 Å². The van der Waals surface area contributed by atoms with Gasteiger partial charge in [-0.25, -0.2) is 0 Å². The lowest BCUT2D eigenvalue weighted by molar-refractivity contribution is 0.775. The second-order valence-electron chi connectivity index (χ2n) is 2.65. The first kappa shape index (κ1) is 10.6. The van der Waals surface area contributed by atoms with E-state index in [1.54, 1.807) is 12.3 Å². The van der Waals surface area contributed by atoms with Crippen LogP contribution in [-0.4, -0.2) is 10.3 Å². The Morgan fingerprint density at radius 1 is 1.57 bits per heavy atom. The highest BCUT2D eigenvalue weighted by Gasteiger charge is 1.99. The predicted octanol–water partition coefficient (Wildman–Crippen LogP) is 1.21. The van der Waals surface area contributed by atoms with Crippen LogP contribution in [0.1, 0.15) is 5.56 Å². The Labute approximate surface area is 87.7 Å². The van der Waals surface area contributed by atoms with Crippen LogP contribution in [0.5, 0.6) is 0 Å². The van der Waals surface area contributed by atoms with E-state index in [-0.39, 0.29) is 11.1 Å². The lowest BCUT2D eigenvalue weighted by Crippen LogP contribution is -2.20. The van der Waals surface area contributed by atoms with Gasteiger partial charge in [-0.15, -0.1) is 0 Å². The van der Waals surface area contributed by atoms with Crippen LogP contribution in [0.3, 0.4) is 0 Å². The molecule has 72 valence electrons. The summed E-state index contributed by atoms with van der Waals surface area (Å²) in [7, 11) is 0. The number of nitriles is 1. The second-order valence-corrected chi connectivity index (χ2v) is 3.01. The molecule has 4 heteroatoms. The molecule has 0 aliphatic carbocycles. The van der Waals surface area contributed by atoms with Crippen molar-refractivity contribution in [3.05, 3.63) is 46.4 Å². The monoisotopic (exact) mass is 206 g/mol. The lowest BCUT2D eigenvalue weighted by Gasteiger charge is -2.00. The van der Waals surface area contributed by atoms with Crippen molar-refractivity contribution in [3.63, 3.8) is 0 Å². The molecule has 0 aliphatic rings. The van der Waals surface area contributed by atoms with Crippen LogP contribution in [0.15, 0.2) is 35.3 Å². The van der Waals surface area contributed by atoms with Crippen molar-refractivity contribution in [1.82, 2.24) is 4.57 Å². The third-order valence-corrected chi connectivity index (χ3v) is 1.93. The third kappa shape index (κ3) is 2.51. The topological polar surface area (TPSA) is 45.8 Å². The number of aromatic nitrogens is 1. The van der Waals surface area contributed by atoms with Crippen LogP contribution in [0, 0.1) is 11.3 Å². The molecule has 0 saturated carbocycles. The van der Waals surface area contributed by atoms with Crippen LogP contribution in [0.25, 0.3) is 0 Å². The maximum absolute atomic E-state index is 11.5. The van der Waals surface area contributed by atoms with Crippen molar-refractivity contribution in [2.75, 3.05) is 5.75 Å². The maximum atomic E-state index is 11.5. The van der Waals surface area contributed by atoms with Crippen molar-refractivity contribution in [2.45, 2.75) is 6.54 Å². The summed E-state index contributed by atoms with van der Waals surface area (Å²) >= 11 is 4.01. The van der Waals surface area contributed by atoms with Gasteiger partial charge in [-0.1, -0.05) is 12.2 Å². The SMILES string of the molecule is N#Cc1cccn(C/C=C/CS)c1=O. The highest BCUT2D eigenvalue weighted by Crippen LogP contribution is 1.90. The van der Waals surface area contributed by atoms with Gasteiger partial charge in [0.05, 0.1) is 0 Å². The Bertz CT molecular complexity index is 428. The molecule has 0 atom stereocenters. The van der Waals surface area contributed by atoms with Gasteiger partial charge in [-0.05, 0) is 12.1 Å². The van der Waals surface area contributed by atoms with Gasteiger partial charge in [0.25, 0.3) is 5.56 Å². The fourth-order valence-corrected chi connectivity index (χ4v) is 1.18. The molecule has 0 fully saturated rings. The average molecular weight is 206 g/mol. The van der Waals surface area contributed by atoms with Gasteiger partial charge in [0.2, 0.25) is 0 Å². The third-order valence-electron chi connectivity index (χ3n) is 1.71. The first-order valence-corrected chi connectivity index (χ1v) is 4.78. The van der Waals surface area contributed by atoms with E-state index >= 15 is 0 Å². The quantitative estimate of drug-likeness (QED) is 0.596. The Hall–Kier alpha value is -1.47. The summed E-state index contributed by atoms with van der Waals surface area (Å²) in [6.45, 7) is 0.481. The zero-order chi connectivity index (χ0) is 10.4. The summed E-state index contributed by atoms with van der Waals surface area (Å²) in [5.41, 5.74) is -0.0782. The first-order chi connectivity index (χ1) is 6.79. The molecule has 1 aromatic rings. The summed E-state index contributed by atoms with van der Waals surface area (Å²) in [5.74, 6) is 0.646. The van der Waals surface area contributed by atoms with Crippen LogP contribution in [-0.2, 0) is 6.54 Å². The van der Waals surface area contributed by atoms with Crippen molar-refractivity contribution < 1.29 is 0 Å². The molecule has 0 spiro atoms. The van der Waals surface area contributed by atoms with E-state index in [4.69, 9.17) is 5.26 Å². The minimum absolute atomic E-state index is 0.173. The molecule has 3 nitrogen and oxygen atoms in total. The standard InChI is InChI=1S/C10H10N2OS/c11-8-9-4-3-6-12(10(9)13)5-1-2-7-14/h1-4,6,14H,5,7H2/b2-1+. The first-order valence-electron chi connectivity index (χ1n) is 4.15. The molecule has 0 radical (unpaired) electrons. The molecule has 0 bridgehead atoms. The Kier molecular flexibility index (Phi) is 4.02. The smallest absolute Gasteiger partial charge is 0.268 e. The highest BCUT2D eigenvalue weighted by atomic mass is 32.1. The van der Waals surface area contributed by atoms with Gasteiger partial charge in [-0.3, -0.25) is 4.79 Å². The van der Waals surface area contributed by atoms with Crippen molar-refractivity contribution in [3.8, 4) is 6.07 Å². The molecule has 0 aromatic carbocycles. The van der Waals surface area contributed by atoms with Crippen LogP contribution in [0.4, 0.5) is 0 Å². The van der Waals surface area contributed by atoms with Crippen molar-refractivity contribution >= 4 is 12.6 Å². The average Bonchev–Trinajstić information content (AvgIpc) is 2.21. The molecular weight excluding hydrogens is 196 g/mol. The summed E-state index contributed by atoms with van der Waals surface area (Å²) in [5, 5.41) is 8.62. The fraction of sp³-hybridized carbons (Fsp3) is 0.200. The summed E-state index contributed by atoms with van der Waals surface area (Å²) in [4.78, 5) is 11.5. The van der Waals surface area contributed by atoms with Gasteiger partial charge < -0.3 is 4.57 Å². The minimum atomic E-state index is -0.251. The van der Waals surface area contributed by atoms with Crippen LogP contribution < -0.4 is 5.56 Å². The molecule has 1 rings (SSSR count). The van der Waals surface area contributed by atoms with E-state index in [2.05, 4.69) is 12.6 Å². The highest BCUT2D eigenvalue weighted by molar-refractivity contribution is 7.80. The van der Waals surface area contributed by atoms with Gasteiger partial charge in [0, 0.05) is 18.5 Å². The number of thiol groups is 1. The molecule has 0 N–H and O–H groups in total. The summed E-state index contributed by atoms with van der Waals surface area (Å²) in [6.07, 6.45) is 5.36. The predicted molar refractivity (Wildman–Crippen MR) is 58.4 cm³/mol.